The second-order valence-corrected chi connectivity index (χ2v) is 10.4. The number of carbonyl (C=O) groups is 1. The first kappa shape index (κ1) is 20.9. The zero-order valence-corrected chi connectivity index (χ0v) is 18.3. The average Bonchev–Trinajstić information content (AvgIpc) is 3.39. The largest absolute Gasteiger partial charge is 0.339 e. The van der Waals surface area contributed by atoms with Gasteiger partial charge >= 0.3 is 0 Å². The van der Waals surface area contributed by atoms with Crippen LogP contribution in [0.25, 0.3) is 11.4 Å². The van der Waals surface area contributed by atoms with Gasteiger partial charge in [0, 0.05) is 37.2 Å². The van der Waals surface area contributed by atoms with Crippen molar-refractivity contribution in [1.82, 2.24) is 19.4 Å². The van der Waals surface area contributed by atoms with Crippen molar-refractivity contribution in [1.29, 1.82) is 0 Å². The topological polar surface area (TPSA) is 118 Å². The number of hydrogen-bond donors (Lipinski definition) is 1. The van der Waals surface area contributed by atoms with Gasteiger partial charge in [-0.05, 0) is 31.0 Å². The molecule has 1 amide bonds. The predicted molar refractivity (Wildman–Crippen MR) is 112 cm³/mol. The van der Waals surface area contributed by atoms with E-state index in [1.54, 1.807) is 24.4 Å². The van der Waals surface area contributed by atoms with Crippen molar-refractivity contribution in [3.63, 3.8) is 0 Å². The SMILES string of the molecule is Cc1nc(-c2csc(S(=O)(=O)N3CCC[C@H](C(=O)Nc4ccc(Cl)cn4)C3)c2)no1. The summed E-state index contributed by atoms with van der Waals surface area (Å²) in [6.45, 7) is 2.13. The van der Waals surface area contributed by atoms with E-state index in [1.165, 1.54) is 16.6 Å². The van der Waals surface area contributed by atoms with Gasteiger partial charge in [0.25, 0.3) is 10.0 Å². The van der Waals surface area contributed by atoms with Crippen molar-refractivity contribution in [3.8, 4) is 11.4 Å². The number of nitrogens with one attached hydrogen (secondary N) is 1. The molecule has 0 spiro atoms. The summed E-state index contributed by atoms with van der Waals surface area (Å²) in [6, 6.07) is 4.76. The van der Waals surface area contributed by atoms with E-state index in [0.717, 1.165) is 11.3 Å². The van der Waals surface area contributed by atoms with Crippen LogP contribution in [0, 0.1) is 12.8 Å². The Morgan fingerprint density at radius 2 is 2.23 bits per heavy atom. The molecule has 30 heavy (non-hydrogen) atoms. The third-order valence-electron chi connectivity index (χ3n) is 4.69. The first-order valence-corrected chi connectivity index (χ1v) is 11.8. The molecule has 1 fully saturated rings. The Morgan fingerprint density at radius 3 is 2.93 bits per heavy atom. The van der Waals surface area contributed by atoms with E-state index in [2.05, 4.69) is 20.4 Å². The number of amides is 1. The van der Waals surface area contributed by atoms with E-state index in [9.17, 15) is 13.2 Å². The van der Waals surface area contributed by atoms with Gasteiger partial charge in [0.15, 0.2) is 0 Å². The Kier molecular flexibility index (Phi) is 5.87. The minimum absolute atomic E-state index is 0.107. The molecule has 0 radical (unpaired) electrons. The monoisotopic (exact) mass is 467 g/mol. The number of hydrogen-bond acceptors (Lipinski definition) is 8. The maximum Gasteiger partial charge on any atom is 0.252 e. The summed E-state index contributed by atoms with van der Waals surface area (Å²) in [5, 5.41) is 8.69. The van der Waals surface area contributed by atoms with Gasteiger partial charge in [0.05, 0.1) is 10.9 Å². The Balaban J connectivity index is 1.47. The van der Waals surface area contributed by atoms with Gasteiger partial charge in [-0.2, -0.15) is 9.29 Å². The standard InChI is InChI=1S/C18H18ClN5O4S2/c1-11-21-17(23-28-11)13-7-16(29-10-13)30(26,27)24-6-2-3-12(9-24)18(25)22-15-5-4-14(19)8-20-15/h4-5,7-8,10,12H,2-3,6,9H2,1H3,(H,20,22,25)/t12-/m0/s1. The Hall–Kier alpha value is -2.34. The van der Waals surface area contributed by atoms with Crippen LogP contribution in [-0.2, 0) is 14.8 Å². The lowest BCUT2D eigenvalue weighted by molar-refractivity contribution is -0.120. The maximum absolute atomic E-state index is 13.1. The van der Waals surface area contributed by atoms with Crippen LogP contribution in [0.15, 0.2) is 38.5 Å². The third-order valence-corrected chi connectivity index (χ3v) is 8.19. The highest BCUT2D eigenvalue weighted by Crippen LogP contribution is 2.31. The van der Waals surface area contributed by atoms with E-state index < -0.39 is 15.9 Å². The lowest BCUT2D eigenvalue weighted by Gasteiger charge is -2.30. The fraction of sp³-hybridized carbons (Fsp3) is 0.333. The molecule has 0 aliphatic carbocycles. The van der Waals surface area contributed by atoms with Gasteiger partial charge < -0.3 is 9.84 Å². The van der Waals surface area contributed by atoms with Crippen LogP contribution < -0.4 is 5.32 Å². The Bertz CT molecular complexity index is 1160. The number of pyridine rings is 1. The first-order valence-electron chi connectivity index (χ1n) is 9.15. The summed E-state index contributed by atoms with van der Waals surface area (Å²) >= 11 is 6.90. The molecule has 0 aromatic carbocycles. The van der Waals surface area contributed by atoms with Crippen molar-refractivity contribution in [3.05, 3.63) is 40.7 Å². The quantitative estimate of drug-likeness (QED) is 0.612. The molecule has 1 aliphatic rings. The van der Waals surface area contributed by atoms with E-state index >= 15 is 0 Å². The smallest absolute Gasteiger partial charge is 0.252 e. The number of aromatic nitrogens is 3. The lowest BCUT2D eigenvalue weighted by atomic mass is 9.99. The predicted octanol–water partition coefficient (Wildman–Crippen LogP) is 3.19. The Morgan fingerprint density at radius 1 is 1.40 bits per heavy atom. The number of halogens is 1. The summed E-state index contributed by atoms with van der Waals surface area (Å²) in [6.07, 6.45) is 2.63. The highest BCUT2D eigenvalue weighted by Gasteiger charge is 2.34. The summed E-state index contributed by atoms with van der Waals surface area (Å²) in [7, 11) is -3.73. The van der Waals surface area contributed by atoms with E-state index in [-0.39, 0.29) is 16.7 Å². The molecule has 1 atom stereocenters. The van der Waals surface area contributed by atoms with Gasteiger partial charge in [0.1, 0.15) is 10.0 Å². The molecule has 9 nitrogen and oxygen atoms in total. The van der Waals surface area contributed by atoms with Crippen molar-refractivity contribution in [2.75, 3.05) is 18.4 Å². The number of piperidine rings is 1. The van der Waals surface area contributed by atoms with Gasteiger partial charge in [-0.15, -0.1) is 11.3 Å². The molecule has 158 valence electrons. The number of anilines is 1. The van der Waals surface area contributed by atoms with Crippen LogP contribution in [0.2, 0.25) is 5.02 Å². The van der Waals surface area contributed by atoms with Crippen LogP contribution in [0.1, 0.15) is 18.7 Å². The molecule has 3 aromatic rings. The zero-order chi connectivity index (χ0) is 21.3. The van der Waals surface area contributed by atoms with Crippen LogP contribution in [0.5, 0.6) is 0 Å². The molecular formula is C18H18ClN5O4S2. The minimum Gasteiger partial charge on any atom is -0.339 e. The molecule has 4 rings (SSSR count). The number of rotatable bonds is 5. The molecule has 3 aromatic heterocycles. The minimum atomic E-state index is -3.73. The lowest BCUT2D eigenvalue weighted by Crippen LogP contribution is -2.43. The van der Waals surface area contributed by atoms with E-state index in [4.69, 9.17) is 16.1 Å². The molecule has 0 unspecified atom stereocenters. The van der Waals surface area contributed by atoms with Crippen molar-refractivity contribution in [2.24, 2.45) is 5.92 Å². The molecule has 1 saturated heterocycles. The summed E-state index contributed by atoms with van der Waals surface area (Å²) in [4.78, 5) is 20.8. The van der Waals surface area contributed by atoms with Crippen LogP contribution >= 0.6 is 22.9 Å². The van der Waals surface area contributed by atoms with Gasteiger partial charge in [-0.1, -0.05) is 16.8 Å². The molecule has 1 aliphatic heterocycles. The van der Waals surface area contributed by atoms with Crippen molar-refractivity contribution < 1.29 is 17.7 Å². The first-order chi connectivity index (χ1) is 14.3. The molecule has 0 bridgehead atoms. The van der Waals surface area contributed by atoms with Gasteiger partial charge in [-0.3, -0.25) is 4.79 Å². The second kappa shape index (κ2) is 8.42. The highest BCUT2D eigenvalue weighted by molar-refractivity contribution is 7.91. The molecule has 12 heteroatoms. The molecule has 4 heterocycles. The van der Waals surface area contributed by atoms with Crippen LogP contribution in [-0.4, -0.2) is 46.8 Å². The normalized spacial score (nSPS) is 17.7. The highest BCUT2D eigenvalue weighted by atomic mass is 35.5. The number of nitrogens with zero attached hydrogens (tertiary/aromatic N) is 4. The zero-order valence-electron chi connectivity index (χ0n) is 15.9. The number of carbonyl (C=O) groups excluding carboxylic acids is 1. The van der Waals surface area contributed by atoms with Crippen LogP contribution in [0.4, 0.5) is 5.82 Å². The van der Waals surface area contributed by atoms with Gasteiger partial charge in [0.2, 0.25) is 17.6 Å². The van der Waals surface area contributed by atoms with Crippen LogP contribution in [0.3, 0.4) is 0 Å². The number of thiophene rings is 1. The number of sulfonamides is 1. The average molecular weight is 468 g/mol. The van der Waals surface area contributed by atoms with Gasteiger partial charge in [-0.25, -0.2) is 13.4 Å². The Labute approximate surface area is 182 Å². The second-order valence-electron chi connectivity index (χ2n) is 6.84. The fourth-order valence-electron chi connectivity index (χ4n) is 3.17. The molecular weight excluding hydrogens is 450 g/mol. The summed E-state index contributed by atoms with van der Waals surface area (Å²) in [5.74, 6) is 0.393. The maximum atomic E-state index is 13.1. The molecule has 1 N–H and O–H groups in total. The van der Waals surface area contributed by atoms with E-state index in [1.807, 2.05) is 0 Å². The van der Waals surface area contributed by atoms with Crippen molar-refractivity contribution >= 4 is 44.7 Å². The summed E-state index contributed by atoms with van der Waals surface area (Å²) < 4.78 is 32.7. The number of aryl methyl sites for hydroxylation is 1. The third kappa shape index (κ3) is 4.38. The molecule has 0 saturated carbocycles. The summed E-state index contributed by atoms with van der Waals surface area (Å²) in [5.41, 5.74) is 0.579. The van der Waals surface area contributed by atoms with E-state index in [0.29, 0.717) is 47.5 Å². The van der Waals surface area contributed by atoms with Crippen molar-refractivity contribution in [2.45, 2.75) is 24.0 Å². The fourth-order valence-corrected chi connectivity index (χ4v) is 6.11.